The number of hydrazine groups is 1. The van der Waals surface area contributed by atoms with Crippen molar-refractivity contribution < 1.29 is 9.13 Å². The van der Waals surface area contributed by atoms with Gasteiger partial charge in [-0.2, -0.15) is 4.98 Å². The van der Waals surface area contributed by atoms with Crippen molar-refractivity contribution in [3.63, 3.8) is 0 Å². The number of nitrogens with one attached hydrogen (secondary N) is 1. The average Bonchev–Trinajstić information content (AvgIpc) is 2.35. The van der Waals surface area contributed by atoms with E-state index in [-0.39, 0.29) is 11.8 Å². The van der Waals surface area contributed by atoms with Crippen molar-refractivity contribution in [3.05, 3.63) is 12.0 Å². The van der Waals surface area contributed by atoms with Gasteiger partial charge in [0.05, 0.1) is 12.8 Å². The molecule has 1 rings (SSSR count). The molecule has 0 aliphatic carbocycles. The van der Waals surface area contributed by atoms with Crippen LogP contribution in [0.1, 0.15) is 13.8 Å². The Balaban J connectivity index is 2.94. The van der Waals surface area contributed by atoms with Crippen LogP contribution in [-0.2, 0) is 4.74 Å². The molecule has 1 aromatic heterocycles. The number of rotatable bonds is 7. The molecule has 0 aliphatic rings. The van der Waals surface area contributed by atoms with Crippen molar-refractivity contribution in [1.29, 1.82) is 0 Å². The summed E-state index contributed by atoms with van der Waals surface area (Å²) in [5.74, 6) is 5.57. The fourth-order valence-electron chi connectivity index (χ4n) is 1.58. The molecule has 0 spiro atoms. The zero-order valence-corrected chi connectivity index (χ0v) is 11.0. The highest BCUT2D eigenvalue weighted by atomic mass is 19.1. The number of nitrogens with two attached hydrogens (primary N) is 1. The molecule has 0 saturated heterocycles. The summed E-state index contributed by atoms with van der Waals surface area (Å²) < 4.78 is 18.8. The molecule has 0 radical (unpaired) electrons. The molecule has 102 valence electrons. The smallest absolute Gasteiger partial charge is 0.239 e. The van der Waals surface area contributed by atoms with Crippen molar-refractivity contribution >= 4 is 11.8 Å². The van der Waals surface area contributed by atoms with E-state index in [1.165, 1.54) is 0 Å². The van der Waals surface area contributed by atoms with Crippen LogP contribution in [0, 0.1) is 11.7 Å². The fourth-order valence-corrected chi connectivity index (χ4v) is 1.58. The molecule has 0 amide bonds. The van der Waals surface area contributed by atoms with Gasteiger partial charge in [0.15, 0.2) is 11.6 Å². The van der Waals surface area contributed by atoms with Gasteiger partial charge in [0, 0.05) is 20.2 Å². The van der Waals surface area contributed by atoms with Gasteiger partial charge in [0.2, 0.25) is 5.95 Å². The van der Waals surface area contributed by atoms with Crippen LogP contribution in [0.2, 0.25) is 0 Å². The Morgan fingerprint density at radius 1 is 1.56 bits per heavy atom. The fraction of sp³-hybridized carbons (Fsp3) is 0.636. The molecule has 7 heteroatoms. The summed E-state index contributed by atoms with van der Waals surface area (Å²) in [5, 5.41) is 0. The van der Waals surface area contributed by atoms with Crippen molar-refractivity contribution in [2.45, 2.75) is 13.8 Å². The van der Waals surface area contributed by atoms with Crippen molar-refractivity contribution in [1.82, 2.24) is 9.97 Å². The van der Waals surface area contributed by atoms with Crippen LogP contribution < -0.4 is 16.2 Å². The molecular weight excluding hydrogens is 237 g/mol. The first-order chi connectivity index (χ1) is 8.58. The molecular formula is C11H20FN5O. The number of hydrogen-bond donors (Lipinski definition) is 2. The second kappa shape index (κ2) is 7.07. The zero-order valence-electron chi connectivity index (χ0n) is 11.0. The van der Waals surface area contributed by atoms with E-state index in [1.54, 1.807) is 7.11 Å². The monoisotopic (exact) mass is 257 g/mol. The highest BCUT2D eigenvalue weighted by molar-refractivity contribution is 5.43. The Bertz CT molecular complexity index is 374. The van der Waals surface area contributed by atoms with Crippen molar-refractivity contribution in [2.75, 3.05) is 37.1 Å². The first-order valence-corrected chi connectivity index (χ1v) is 5.81. The van der Waals surface area contributed by atoms with Crippen molar-refractivity contribution in [3.8, 4) is 0 Å². The number of methoxy groups -OCH3 is 1. The number of aromatic nitrogens is 2. The molecule has 1 heterocycles. The van der Waals surface area contributed by atoms with Gasteiger partial charge >= 0.3 is 0 Å². The Morgan fingerprint density at radius 2 is 2.28 bits per heavy atom. The minimum absolute atomic E-state index is 0.192. The first kappa shape index (κ1) is 14.6. The van der Waals surface area contributed by atoms with E-state index in [9.17, 15) is 4.39 Å². The summed E-state index contributed by atoms with van der Waals surface area (Å²) in [4.78, 5) is 9.59. The largest absolute Gasteiger partial charge is 0.383 e. The zero-order chi connectivity index (χ0) is 13.5. The molecule has 0 aromatic carbocycles. The standard InChI is InChI=1S/C11H20FN5O/c1-8(2)7-17(4-5-18-3)10-9(12)6-14-11(15-10)16-13/h6,8H,4-5,7,13H2,1-3H3,(H,14,15,16). The Labute approximate surface area is 106 Å². The normalized spacial score (nSPS) is 10.8. The summed E-state index contributed by atoms with van der Waals surface area (Å²) in [6.07, 6.45) is 1.11. The summed E-state index contributed by atoms with van der Waals surface area (Å²) in [6, 6.07) is 0. The quantitative estimate of drug-likeness (QED) is 0.561. The summed E-state index contributed by atoms with van der Waals surface area (Å²) in [6.45, 7) is 5.86. The Hall–Kier alpha value is -1.47. The van der Waals surface area contributed by atoms with Gasteiger partial charge in [0.1, 0.15) is 0 Å². The lowest BCUT2D eigenvalue weighted by Gasteiger charge is -2.25. The average molecular weight is 257 g/mol. The molecule has 0 saturated carbocycles. The maximum absolute atomic E-state index is 13.8. The number of nitrogens with zero attached hydrogens (tertiary/aromatic N) is 3. The molecule has 0 unspecified atom stereocenters. The Morgan fingerprint density at radius 3 is 2.83 bits per heavy atom. The van der Waals surface area contributed by atoms with E-state index in [0.29, 0.717) is 25.6 Å². The number of anilines is 2. The minimum Gasteiger partial charge on any atom is -0.383 e. The van der Waals surface area contributed by atoms with E-state index in [1.807, 2.05) is 4.90 Å². The minimum atomic E-state index is -0.467. The predicted octanol–water partition coefficient (Wildman–Crippen LogP) is 1.01. The Kier molecular flexibility index (Phi) is 5.73. The highest BCUT2D eigenvalue weighted by Crippen LogP contribution is 2.18. The molecule has 1 aromatic rings. The van der Waals surface area contributed by atoms with Crippen LogP contribution in [-0.4, -0.2) is 36.8 Å². The molecule has 6 nitrogen and oxygen atoms in total. The molecule has 0 fully saturated rings. The van der Waals surface area contributed by atoms with E-state index >= 15 is 0 Å². The second-order valence-electron chi connectivity index (χ2n) is 4.34. The van der Waals surface area contributed by atoms with E-state index in [0.717, 1.165) is 6.20 Å². The van der Waals surface area contributed by atoms with Gasteiger partial charge in [-0.25, -0.2) is 15.2 Å². The summed E-state index contributed by atoms with van der Waals surface area (Å²) in [5.41, 5.74) is 2.31. The first-order valence-electron chi connectivity index (χ1n) is 5.81. The molecule has 18 heavy (non-hydrogen) atoms. The van der Waals surface area contributed by atoms with Crippen LogP contribution >= 0.6 is 0 Å². The third-order valence-electron chi connectivity index (χ3n) is 2.31. The maximum Gasteiger partial charge on any atom is 0.239 e. The number of hydrogen-bond acceptors (Lipinski definition) is 6. The van der Waals surface area contributed by atoms with Gasteiger partial charge < -0.3 is 9.64 Å². The van der Waals surface area contributed by atoms with Crippen LogP contribution in [0.25, 0.3) is 0 Å². The van der Waals surface area contributed by atoms with Gasteiger partial charge in [-0.1, -0.05) is 13.8 Å². The molecule has 3 N–H and O–H groups in total. The molecule has 0 aliphatic heterocycles. The number of nitrogen functional groups attached to an aromatic ring is 1. The SMILES string of the molecule is COCCN(CC(C)C)c1nc(NN)ncc1F. The molecule has 0 atom stereocenters. The van der Waals surface area contributed by atoms with E-state index in [4.69, 9.17) is 10.6 Å². The summed E-state index contributed by atoms with van der Waals surface area (Å²) in [7, 11) is 1.61. The van der Waals surface area contributed by atoms with Gasteiger partial charge in [-0.3, -0.25) is 5.43 Å². The summed E-state index contributed by atoms with van der Waals surface area (Å²) >= 11 is 0. The number of ether oxygens (including phenoxy) is 1. The van der Waals surface area contributed by atoms with Gasteiger partial charge in [0.25, 0.3) is 0 Å². The lowest BCUT2D eigenvalue weighted by atomic mass is 10.2. The van der Waals surface area contributed by atoms with E-state index < -0.39 is 5.82 Å². The topological polar surface area (TPSA) is 76.3 Å². The number of halogens is 1. The third-order valence-corrected chi connectivity index (χ3v) is 2.31. The van der Waals surface area contributed by atoms with Crippen LogP contribution in [0.3, 0.4) is 0 Å². The maximum atomic E-state index is 13.8. The van der Waals surface area contributed by atoms with Gasteiger partial charge in [-0.15, -0.1) is 0 Å². The highest BCUT2D eigenvalue weighted by Gasteiger charge is 2.15. The van der Waals surface area contributed by atoms with E-state index in [2.05, 4.69) is 29.2 Å². The lowest BCUT2D eigenvalue weighted by Crippen LogP contribution is -2.33. The van der Waals surface area contributed by atoms with Crippen LogP contribution in [0.15, 0.2) is 6.20 Å². The predicted molar refractivity (Wildman–Crippen MR) is 68.7 cm³/mol. The molecule has 0 bridgehead atoms. The van der Waals surface area contributed by atoms with Crippen LogP contribution in [0.5, 0.6) is 0 Å². The van der Waals surface area contributed by atoms with Crippen LogP contribution in [0.4, 0.5) is 16.2 Å². The van der Waals surface area contributed by atoms with Crippen molar-refractivity contribution in [2.24, 2.45) is 11.8 Å². The third kappa shape index (κ3) is 4.08. The van der Waals surface area contributed by atoms with Gasteiger partial charge in [-0.05, 0) is 5.92 Å². The second-order valence-corrected chi connectivity index (χ2v) is 4.34. The lowest BCUT2D eigenvalue weighted by molar-refractivity contribution is 0.204.